The number of aryl methyl sites for hydroxylation is 1. The molecule has 0 radical (unpaired) electrons. The Morgan fingerprint density at radius 3 is 2.71 bits per heavy atom. The summed E-state index contributed by atoms with van der Waals surface area (Å²) in [6.07, 6.45) is 14.4. The van der Waals surface area contributed by atoms with Gasteiger partial charge >= 0.3 is 0 Å². The summed E-state index contributed by atoms with van der Waals surface area (Å²) in [5.74, 6) is 1.79. The largest absolute Gasteiger partial charge is 0.389 e. The fourth-order valence-electron chi connectivity index (χ4n) is 4.58. The molecule has 1 aliphatic heterocycles. The van der Waals surface area contributed by atoms with Crippen molar-refractivity contribution in [3.05, 3.63) is 23.0 Å². The van der Waals surface area contributed by atoms with Crippen LogP contribution in [0, 0.1) is 11.8 Å². The summed E-state index contributed by atoms with van der Waals surface area (Å²) in [4.78, 5) is 19.7. The van der Waals surface area contributed by atoms with Crippen molar-refractivity contribution in [1.82, 2.24) is 14.8 Å². The van der Waals surface area contributed by atoms with Crippen molar-refractivity contribution in [1.29, 1.82) is 0 Å². The fraction of sp³-hybridized carbons (Fsp3) is 0.591. The molecule has 2 fully saturated rings. The van der Waals surface area contributed by atoms with E-state index < -0.39 is 0 Å². The van der Waals surface area contributed by atoms with Crippen molar-refractivity contribution in [2.24, 2.45) is 24.6 Å². The van der Waals surface area contributed by atoms with E-state index in [2.05, 4.69) is 26.4 Å². The van der Waals surface area contributed by atoms with Gasteiger partial charge in [-0.15, -0.1) is 0 Å². The highest BCUT2D eigenvalue weighted by Crippen LogP contribution is 2.31. The van der Waals surface area contributed by atoms with Gasteiger partial charge in [0.25, 0.3) is 5.91 Å². The minimum atomic E-state index is -0.294. The zero-order valence-electron chi connectivity index (χ0n) is 18.2. The number of piperidine rings is 1. The molecule has 2 aromatic rings. The molecular formula is C22H33N7OS. The van der Waals surface area contributed by atoms with Crippen LogP contribution in [0.1, 0.15) is 60.4 Å². The third-order valence-electron chi connectivity index (χ3n) is 6.45. The monoisotopic (exact) mass is 443 g/mol. The van der Waals surface area contributed by atoms with Gasteiger partial charge in [-0.3, -0.25) is 9.48 Å². The van der Waals surface area contributed by atoms with Crippen LogP contribution in [0.2, 0.25) is 0 Å². The molecule has 2 aliphatic rings. The quantitative estimate of drug-likeness (QED) is 0.630. The lowest BCUT2D eigenvalue weighted by Crippen LogP contribution is -2.37. The summed E-state index contributed by atoms with van der Waals surface area (Å²) in [5, 5.41) is 8.56. The molecular weight excluding hydrogens is 410 g/mol. The molecule has 1 saturated carbocycles. The molecule has 2 aromatic heterocycles. The van der Waals surface area contributed by atoms with Crippen molar-refractivity contribution in [2.75, 3.05) is 35.6 Å². The van der Waals surface area contributed by atoms with Crippen molar-refractivity contribution in [3.63, 3.8) is 0 Å². The maximum Gasteiger partial charge on any atom is 0.277 e. The molecule has 3 heterocycles. The average Bonchev–Trinajstić information content (AvgIpc) is 3.35. The lowest BCUT2D eigenvalue weighted by Gasteiger charge is -2.33. The van der Waals surface area contributed by atoms with Gasteiger partial charge in [0.15, 0.2) is 11.5 Å². The predicted octanol–water partition coefficient (Wildman–Crippen LogP) is 3.48. The summed E-state index contributed by atoms with van der Waals surface area (Å²) in [7, 11) is 1.89. The minimum absolute atomic E-state index is 0.282. The highest BCUT2D eigenvalue weighted by Gasteiger charge is 2.25. The Bertz CT molecular complexity index is 920. The first kappa shape index (κ1) is 21.8. The molecule has 0 unspecified atom stereocenters. The second-order valence-electron chi connectivity index (χ2n) is 8.65. The van der Waals surface area contributed by atoms with Crippen molar-refractivity contribution < 1.29 is 4.79 Å². The molecule has 0 atom stereocenters. The van der Waals surface area contributed by atoms with Gasteiger partial charge in [-0.2, -0.15) is 5.10 Å². The molecule has 5 N–H and O–H groups in total. The van der Waals surface area contributed by atoms with E-state index in [1.807, 2.05) is 13.1 Å². The number of nitrogens with two attached hydrogens (primary N) is 2. The third-order valence-corrected chi connectivity index (χ3v) is 7.30. The summed E-state index contributed by atoms with van der Waals surface area (Å²) >= 11 is 1.36. The second-order valence-corrected chi connectivity index (χ2v) is 9.71. The number of rotatable bonds is 6. The zero-order valence-corrected chi connectivity index (χ0v) is 19.0. The number of thiazole rings is 1. The van der Waals surface area contributed by atoms with Gasteiger partial charge in [-0.05, 0) is 50.1 Å². The lowest BCUT2D eigenvalue weighted by atomic mass is 9.89. The van der Waals surface area contributed by atoms with E-state index in [4.69, 9.17) is 11.5 Å². The first-order valence-electron chi connectivity index (χ1n) is 11.3. The van der Waals surface area contributed by atoms with Crippen LogP contribution in [0.5, 0.6) is 0 Å². The molecule has 31 heavy (non-hydrogen) atoms. The van der Waals surface area contributed by atoms with Gasteiger partial charge in [0.2, 0.25) is 0 Å². The molecule has 9 heteroatoms. The molecule has 1 amide bonds. The molecule has 0 bridgehead atoms. The summed E-state index contributed by atoms with van der Waals surface area (Å²) < 4.78 is 1.81. The number of nitrogens with one attached hydrogen (secondary N) is 1. The van der Waals surface area contributed by atoms with E-state index in [0.717, 1.165) is 43.3 Å². The minimum Gasteiger partial charge on any atom is -0.389 e. The first-order chi connectivity index (χ1) is 15.0. The molecule has 4 rings (SSSR count). The Labute approximate surface area is 187 Å². The van der Waals surface area contributed by atoms with E-state index in [0.29, 0.717) is 22.5 Å². The number of aromatic nitrogens is 3. The van der Waals surface area contributed by atoms with Crippen LogP contribution in [-0.2, 0) is 7.05 Å². The van der Waals surface area contributed by atoms with E-state index in [1.165, 1.54) is 43.4 Å². The molecule has 1 saturated heterocycles. The Balaban J connectivity index is 1.44. The molecule has 8 nitrogen and oxygen atoms in total. The van der Waals surface area contributed by atoms with Crippen molar-refractivity contribution >= 4 is 39.8 Å². The Morgan fingerprint density at radius 2 is 2.00 bits per heavy atom. The number of hydrogen-bond acceptors (Lipinski definition) is 7. The smallest absolute Gasteiger partial charge is 0.277 e. The van der Waals surface area contributed by atoms with Crippen LogP contribution in [0.25, 0.3) is 6.08 Å². The Hall–Kier alpha value is -2.39. The number of nitrogens with zero attached hydrogens (tertiary/aromatic N) is 4. The SMILES string of the molecule is Cn1ncc(NC(=O)c2nc(/C=C/C3CCCCC3)sc2N)c1N1CCC(CN)CC1. The van der Waals surface area contributed by atoms with Crippen LogP contribution in [0.4, 0.5) is 16.5 Å². The van der Waals surface area contributed by atoms with E-state index >= 15 is 0 Å². The van der Waals surface area contributed by atoms with Gasteiger partial charge < -0.3 is 21.7 Å². The second kappa shape index (κ2) is 9.82. The van der Waals surface area contributed by atoms with E-state index in [-0.39, 0.29) is 11.6 Å². The highest BCUT2D eigenvalue weighted by atomic mass is 32.1. The number of carbonyl (C=O) groups excluding carboxylic acids is 1. The molecule has 0 spiro atoms. The number of carbonyl (C=O) groups is 1. The van der Waals surface area contributed by atoms with Crippen molar-refractivity contribution in [3.8, 4) is 0 Å². The number of allylic oxidation sites excluding steroid dienone is 1. The van der Waals surface area contributed by atoms with Gasteiger partial charge in [0.1, 0.15) is 15.7 Å². The van der Waals surface area contributed by atoms with Crippen LogP contribution in [0.3, 0.4) is 0 Å². The standard InChI is InChI=1S/C22H33N7OS/c1-28-22(29-11-9-16(13-23)10-12-29)17(14-25-28)26-21(30)19-20(24)31-18(27-19)8-7-15-5-3-2-4-6-15/h7-8,14-16H,2-6,9-13,23-24H2,1H3,(H,26,30)/b8-7+. The normalized spacial score (nSPS) is 18.7. The van der Waals surface area contributed by atoms with Gasteiger partial charge in [0, 0.05) is 20.1 Å². The van der Waals surface area contributed by atoms with E-state index in [9.17, 15) is 4.79 Å². The van der Waals surface area contributed by atoms with Crippen LogP contribution < -0.4 is 21.7 Å². The topological polar surface area (TPSA) is 115 Å². The zero-order chi connectivity index (χ0) is 21.8. The molecule has 168 valence electrons. The maximum atomic E-state index is 13.0. The van der Waals surface area contributed by atoms with Gasteiger partial charge in [0.05, 0.1) is 6.20 Å². The molecule has 1 aliphatic carbocycles. The number of nitrogen functional groups attached to an aromatic ring is 1. The number of hydrogen-bond donors (Lipinski definition) is 3. The van der Waals surface area contributed by atoms with Gasteiger partial charge in [-0.25, -0.2) is 4.98 Å². The summed E-state index contributed by atoms with van der Waals surface area (Å²) in [5.41, 5.74) is 12.9. The predicted molar refractivity (Wildman–Crippen MR) is 127 cm³/mol. The van der Waals surface area contributed by atoms with Crippen LogP contribution in [0.15, 0.2) is 12.3 Å². The third kappa shape index (κ3) is 5.10. The summed E-state index contributed by atoms with van der Waals surface area (Å²) in [6.45, 7) is 2.53. The fourth-order valence-corrected chi connectivity index (χ4v) is 5.33. The van der Waals surface area contributed by atoms with E-state index in [1.54, 1.807) is 10.9 Å². The number of amides is 1. The Morgan fingerprint density at radius 1 is 1.26 bits per heavy atom. The van der Waals surface area contributed by atoms with Crippen molar-refractivity contribution in [2.45, 2.75) is 44.9 Å². The first-order valence-corrected chi connectivity index (χ1v) is 12.1. The molecule has 0 aromatic carbocycles. The van der Waals surface area contributed by atoms with Gasteiger partial charge in [-0.1, -0.05) is 36.7 Å². The summed E-state index contributed by atoms with van der Waals surface area (Å²) in [6, 6.07) is 0. The lowest BCUT2D eigenvalue weighted by molar-refractivity contribution is 0.102. The van der Waals surface area contributed by atoms with Crippen LogP contribution >= 0.6 is 11.3 Å². The van der Waals surface area contributed by atoms with Crippen LogP contribution in [-0.4, -0.2) is 40.3 Å². The Kier molecular flexibility index (Phi) is 6.92. The average molecular weight is 444 g/mol. The maximum absolute atomic E-state index is 13.0. The highest BCUT2D eigenvalue weighted by molar-refractivity contribution is 7.16. The number of anilines is 3.